The van der Waals surface area contributed by atoms with Crippen LogP contribution in [0.15, 0.2) is 36.5 Å². The number of aliphatic hydroxyl groups excluding tert-OH is 3. The average molecular weight is 360 g/mol. The van der Waals surface area contributed by atoms with Crippen LogP contribution >= 0.6 is 0 Å². The van der Waals surface area contributed by atoms with Crippen LogP contribution in [0, 0.1) is 0 Å². The number of aliphatic hydroxyl groups is 3. The van der Waals surface area contributed by atoms with Crippen LogP contribution in [0.5, 0.6) is 0 Å². The van der Waals surface area contributed by atoms with Crippen molar-refractivity contribution in [3.05, 3.63) is 53.6 Å². The summed E-state index contributed by atoms with van der Waals surface area (Å²) in [7, 11) is 0. The molecule has 0 fully saturated rings. The third-order valence-corrected chi connectivity index (χ3v) is 4.95. The van der Waals surface area contributed by atoms with Gasteiger partial charge in [0.1, 0.15) is 24.1 Å². The number of hydrogen-bond acceptors (Lipinski definition) is 4. The summed E-state index contributed by atoms with van der Waals surface area (Å²) in [4.78, 5) is 15.1. The third-order valence-electron chi connectivity index (χ3n) is 4.95. The maximum absolute atomic E-state index is 11.8. The number of nitrogens with one attached hydrogen (secondary N) is 2. The maximum atomic E-state index is 11.8. The van der Waals surface area contributed by atoms with Gasteiger partial charge in [0.15, 0.2) is 12.1 Å². The van der Waals surface area contributed by atoms with Crippen LogP contribution < -0.4 is 9.88 Å². The maximum Gasteiger partial charge on any atom is 0.280 e. The number of aryl methyl sites for hydroxylation is 2. The highest BCUT2D eigenvalue weighted by molar-refractivity contribution is 5.76. The molecule has 140 valence electrons. The summed E-state index contributed by atoms with van der Waals surface area (Å²) in [6, 6.07) is 8.68. The van der Waals surface area contributed by atoms with Crippen LogP contribution in [0.3, 0.4) is 0 Å². The van der Waals surface area contributed by atoms with Crippen molar-refractivity contribution < 1.29 is 24.7 Å². The van der Waals surface area contributed by atoms with Crippen molar-refractivity contribution in [1.82, 2.24) is 10.3 Å². The van der Waals surface area contributed by atoms with Gasteiger partial charge >= 0.3 is 0 Å². The van der Waals surface area contributed by atoms with Crippen molar-refractivity contribution in [2.75, 3.05) is 6.61 Å². The highest BCUT2D eigenvalue weighted by Gasteiger charge is 2.47. The molecule has 3 rings (SSSR count). The first-order chi connectivity index (χ1) is 12.5. The topological polar surface area (TPSA) is 109 Å². The molecule has 0 unspecified atom stereocenters. The molecule has 1 amide bonds. The summed E-state index contributed by atoms with van der Waals surface area (Å²) in [6.45, 7) is 1.42. The number of aromatic amines is 1. The smallest absolute Gasteiger partial charge is 0.280 e. The van der Waals surface area contributed by atoms with Gasteiger partial charge in [-0.2, -0.15) is 0 Å². The minimum absolute atomic E-state index is 0.212. The summed E-state index contributed by atoms with van der Waals surface area (Å²) in [6.07, 6.45) is 1.34. The van der Waals surface area contributed by atoms with Gasteiger partial charge in [-0.05, 0) is 12.0 Å². The molecule has 1 aromatic carbocycles. The van der Waals surface area contributed by atoms with E-state index >= 15 is 0 Å². The van der Waals surface area contributed by atoms with E-state index in [4.69, 9.17) is 0 Å². The Kier molecular flexibility index (Phi) is 5.70. The standard InChI is InChI=1S/C19H25N3O4/c1-2-15(24)21-16-18(26)17(25)14(11-23)22-10-13(20-19(16)22)9-8-12-6-4-3-5-7-12/h3-7,10,14,16-18,23,25-26H,2,8-9,11H2,1H3,(H,21,24)/p+1/t14-,16-,17-,18-/m1/s1. The van der Waals surface area contributed by atoms with E-state index in [2.05, 4.69) is 22.4 Å². The fraction of sp³-hybridized carbons (Fsp3) is 0.474. The second kappa shape index (κ2) is 7.99. The van der Waals surface area contributed by atoms with E-state index in [1.165, 1.54) is 5.56 Å². The van der Waals surface area contributed by atoms with E-state index in [1.54, 1.807) is 11.5 Å². The van der Waals surface area contributed by atoms with Crippen LogP contribution in [0.4, 0.5) is 0 Å². The van der Waals surface area contributed by atoms with Crippen LogP contribution in [0.1, 0.15) is 42.5 Å². The van der Waals surface area contributed by atoms with E-state index in [-0.39, 0.29) is 18.9 Å². The Balaban J connectivity index is 1.86. The number of carbonyl (C=O) groups excluding carboxylic acids is 1. The molecule has 4 atom stereocenters. The first-order valence-corrected chi connectivity index (χ1v) is 8.98. The summed E-state index contributed by atoms with van der Waals surface area (Å²) in [5.74, 6) is 0.377. The van der Waals surface area contributed by atoms with Gasteiger partial charge < -0.3 is 20.6 Å². The van der Waals surface area contributed by atoms with Gasteiger partial charge in [0.2, 0.25) is 5.91 Å². The average Bonchev–Trinajstić information content (AvgIpc) is 3.08. The van der Waals surface area contributed by atoms with Gasteiger partial charge in [-0.3, -0.25) is 4.79 Å². The minimum atomic E-state index is -1.19. The number of aromatic nitrogens is 2. The highest BCUT2D eigenvalue weighted by atomic mass is 16.3. The number of amides is 1. The number of nitrogens with zero attached hydrogens (tertiary/aromatic N) is 1. The van der Waals surface area contributed by atoms with Crippen molar-refractivity contribution >= 4 is 5.91 Å². The summed E-state index contributed by atoms with van der Waals surface area (Å²) in [5.41, 5.74) is 2.12. The molecular formula is C19H26N3O4+. The second-order valence-corrected chi connectivity index (χ2v) is 6.69. The Morgan fingerprint density at radius 2 is 1.92 bits per heavy atom. The lowest BCUT2D eigenvalue weighted by molar-refractivity contribution is -0.747. The Hall–Kier alpha value is -2.22. The first-order valence-electron chi connectivity index (χ1n) is 8.98. The Morgan fingerprint density at radius 3 is 2.58 bits per heavy atom. The molecule has 5 N–H and O–H groups in total. The second-order valence-electron chi connectivity index (χ2n) is 6.69. The first kappa shape index (κ1) is 18.6. The van der Waals surface area contributed by atoms with Gasteiger partial charge in [-0.1, -0.05) is 37.3 Å². The van der Waals surface area contributed by atoms with Gasteiger partial charge in [0.05, 0.1) is 6.61 Å². The molecule has 0 saturated carbocycles. The molecule has 1 aliphatic heterocycles. The molecule has 7 nitrogen and oxygen atoms in total. The molecule has 7 heteroatoms. The van der Waals surface area contributed by atoms with Gasteiger partial charge in [-0.15, -0.1) is 0 Å². The molecular weight excluding hydrogens is 334 g/mol. The largest absolute Gasteiger partial charge is 0.392 e. The van der Waals surface area contributed by atoms with Gasteiger partial charge in [0.25, 0.3) is 5.82 Å². The summed E-state index contributed by atoms with van der Waals surface area (Å²) in [5, 5.41) is 33.2. The highest BCUT2D eigenvalue weighted by Crippen LogP contribution is 2.27. The molecule has 0 saturated heterocycles. The molecule has 26 heavy (non-hydrogen) atoms. The van der Waals surface area contributed by atoms with Gasteiger partial charge in [-0.25, -0.2) is 9.55 Å². The lowest BCUT2D eigenvalue weighted by Crippen LogP contribution is -2.62. The fourth-order valence-corrected chi connectivity index (χ4v) is 3.44. The molecule has 0 aliphatic carbocycles. The zero-order valence-corrected chi connectivity index (χ0v) is 14.8. The summed E-state index contributed by atoms with van der Waals surface area (Å²) >= 11 is 0. The fourth-order valence-electron chi connectivity index (χ4n) is 3.44. The summed E-state index contributed by atoms with van der Waals surface area (Å²) < 4.78 is 1.73. The predicted molar refractivity (Wildman–Crippen MR) is 94.1 cm³/mol. The van der Waals surface area contributed by atoms with Gasteiger partial charge in [0, 0.05) is 12.8 Å². The Morgan fingerprint density at radius 1 is 1.19 bits per heavy atom. The number of fused-ring (bicyclic) bond motifs is 1. The SMILES string of the molecule is CCC(=O)N[C@H]1c2[nH]c(CCc3ccccc3)c[n+]2[C@H](CO)[C@@H](O)[C@@H]1O. The normalized spacial score (nSPS) is 24.9. The van der Waals surface area contributed by atoms with Crippen LogP contribution in [-0.2, 0) is 17.6 Å². The zero-order valence-electron chi connectivity index (χ0n) is 14.8. The number of carbonyl (C=O) groups is 1. The van der Waals surface area contributed by atoms with E-state index in [9.17, 15) is 20.1 Å². The van der Waals surface area contributed by atoms with Crippen molar-refractivity contribution in [2.24, 2.45) is 0 Å². The van der Waals surface area contributed by atoms with Crippen LogP contribution in [0.25, 0.3) is 0 Å². The number of imidazole rings is 1. The van der Waals surface area contributed by atoms with Crippen molar-refractivity contribution in [2.45, 2.75) is 50.5 Å². The van der Waals surface area contributed by atoms with E-state index < -0.39 is 24.3 Å². The molecule has 0 bridgehead atoms. The Bertz CT molecular complexity index is 746. The molecule has 2 aromatic rings. The molecule has 1 aromatic heterocycles. The number of hydrogen-bond donors (Lipinski definition) is 5. The van der Waals surface area contributed by atoms with Crippen molar-refractivity contribution in [3.63, 3.8) is 0 Å². The van der Waals surface area contributed by atoms with Crippen molar-refractivity contribution in [3.8, 4) is 0 Å². The third kappa shape index (κ3) is 3.65. The van der Waals surface area contributed by atoms with Crippen LogP contribution in [0.2, 0.25) is 0 Å². The van der Waals surface area contributed by atoms with E-state index in [0.717, 1.165) is 18.5 Å². The number of benzene rings is 1. The minimum Gasteiger partial charge on any atom is -0.392 e. The quantitative estimate of drug-likeness (QED) is 0.464. The van der Waals surface area contributed by atoms with Crippen LogP contribution in [-0.4, -0.2) is 45.0 Å². The zero-order chi connectivity index (χ0) is 18.7. The molecule has 0 radical (unpaired) electrons. The lowest BCUT2D eigenvalue weighted by Gasteiger charge is -2.33. The Labute approximate surface area is 152 Å². The lowest BCUT2D eigenvalue weighted by atomic mass is 9.94. The van der Waals surface area contributed by atoms with E-state index in [1.807, 2.05) is 24.4 Å². The predicted octanol–water partition coefficient (Wildman–Crippen LogP) is -0.0765. The monoisotopic (exact) mass is 360 g/mol. The number of rotatable bonds is 6. The van der Waals surface area contributed by atoms with E-state index in [0.29, 0.717) is 5.82 Å². The molecule has 0 spiro atoms. The van der Waals surface area contributed by atoms with Crippen molar-refractivity contribution in [1.29, 1.82) is 0 Å². The molecule has 1 aliphatic rings. The number of H-pyrrole nitrogens is 1. The molecule has 2 heterocycles.